The van der Waals surface area contributed by atoms with Gasteiger partial charge in [-0.2, -0.15) is 0 Å². The molecule has 0 unspecified atom stereocenters. The van der Waals surface area contributed by atoms with Crippen LogP contribution in [0.15, 0.2) is 36.1 Å². The minimum absolute atomic E-state index is 0.107. The zero-order valence-electron chi connectivity index (χ0n) is 13.3. The first-order valence-electron chi connectivity index (χ1n) is 6.87. The first kappa shape index (κ1) is 18.0. The molecule has 2 N–H and O–H groups in total. The number of H-pyrrole nitrogens is 1. The number of allylic oxidation sites excluding steroid dienone is 1. The molecular formula is C16H22N2O3S. The molecule has 5 nitrogen and oxygen atoms in total. The zero-order chi connectivity index (χ0) is 16.8. The fourth-order valence-electron chi connectivity index (χ4n) is 1.84. The summed E-state index contributed by atoms with van der Waals surface area (Å²) < 4.78 is 22.4. The summed E-state index contributed by atoms with van der Waals surface area (Å²) in [5.41, 5.74) is 3.22. The van der Waals surface area contributed by atoms with E-state index in [2.05, 4.69) is 10.3 Å². The number of aromatic amines is 1. The topological polar surface area (TPSA) is 79.0 Å². The van der Waals surface area contributed by atoms with E-state index in [1.165, 1.54) is 18.4 Å². The third kappa shape index (κ3) is 6.13. The van der Waals surface area contributed by atoms with Crippen LogP contribution in [0.2, 0.25) is 0 Å². The van der Waals surface area contributed by atoms with Crippen molar-refractivity contribution in [3.63, 3.8) is 0 Å². The molecule has 1 amide bonds. The Morgan fingerprint density at radius 1 is 1.36 bits per heavy atom. The van der Waals surface area contributed by atoms with Gasteiger partial charge < -0.3 is 10.3 Å². The summed E-state index contributed by atoms with van der Waals surface area (Å²) in [7, 11) is -3.11. The van der Waals surface area contributed by atoms with E-state index >= 15 is 0 Å². The lowest BCUT2D eigenvalue weighted by molar-refractivity contribution is -0.116. The van der Waals surface area contributed by atoms with Crippen molar-refractivity contribution in [2.75, 3.05) is 12.0 Å². The van der Waals surface area contributed by atoms with E-state index in [-0.39, 0.29) is 11.7 Å². The van der Waals surface area contributed by atoms with Gasteiger partial charge in [0, 0.05) is 23.2 Å². The van der Waals surface area contributed by atoms with Gasteiger partial charge in [-0.1, -0.05) is 18.2 Å². The Balaban J connectivity index is 3.10. The summed E-state index contributed by atoms with van der Waals surface area (Å²) in [4.78, 5) is 15.3. The smallest absolute Gasteiger partial charge is 0.255 e. The predicted molar refractivity (Wildman–Crippen MR) is 90.1 cm³/mol. The minimum Gasteiger partial charge on any atom is -0.359 e. The number of carbonyl (C=O) groups is 1. The SMILES string of the molecule is CC=CNC(=O)C(C=CCS(C)(=O)=O)=Cc1[nH]c(C)cc1C. The Bertz CT molecular complexity index is 723. The maximum absolute atomic E-state index is 12.1. The molecule has 0 saturated carbocycles. The number of amides is 1. The van der Waals surface area contributed by atoms with Gasteiger partial charge in [-0.15, -0.1) is 0 Å². The minimum atomic E-state index is -3.11. The highest BCUT2D eigenvalue weighted by molar-refractivity contribution is 7.90. The van der Waals surface area contributed by atoms with Crippen molar-refractivity contribution < 1.29 is 13.2 Å². The van der Waals surface area contributed by atoms with E-state index in [0.29, 0.717) is 5.57 Å². The number of aromatic nitrogens is 1. The average Bonchev–Trinajstić information content (AvgIpc) is 2.71. The molecule has 0 aromatic carbocycles. The quantitative estimate of drug-likeness (QED) is 0.623. The van der Waals surface area contributed by atoms with Crippen LogP contribution in [0, 0.1) is 13.8 Å². The number of carbonyl (C=O) groups excluding carboxylic acids is 1. The Hall–Kier alpha value is -2.08. The predicted octanol–water partition coefficient (Wildman–Crippen LogP) is 2.27. The highest BCUT2D eigenvalue weighted by atomic mass is 32.2. The molecule has 0 spiro atoms. The zero-order valence-corrected chi connectivity index (χ0v) is 14.1. The van der Waals surface area contributed by atoms with Crippen molar-refractivity contribution >= 4 is 21.8 Å². The van der Waals surface area contributed by atoms with Gasteiger partial charge in [0.25, 0.3) is 5.91 Å². The third-order valence-electron chi connectivity index (χ3n) is 2.83. The van der Waals surface area contributed by atoms with Crippen molar-refractivity contribution in [2.45, 2.75) is 20.8 Å². The van der Waals surface area contributed by atoms with Gasteiger partial charge in [0.15, 0.2) is 9.84 Å². The maximum atomic E-state index is 12.1. The molecule has 0 fully saturated rings. The first-order valence-corrected chi connectivity index (χ1v) is 8.93. The van der Waals surface area contributed by atoms with Crippen molar-refractivity contribution in [3.05, 3.63) is 53.0 Å². The van der Waals surface area contributed by atoms with Crippen molar-refractivity contribution in [2.24, 2.45) is 0 Å². The van der Waals surface area contributed by atoms with Crippen LogP contribution in [0.3, 0.4) is 0 Å². The largest absolute Gasteiger partial charge is 0.359 e. The number of sulfone groups is 1. The van der Waals surface area contributed by atoms with Crippen molar-refractivity contribution in [1.82, 2.24) is 10.3 Å². The monoisotopic (exact) mass is 322 g/mol. The Kier molecular flexibility index (Phi) is 6.37. The second-order valence-corrected chi connectivity index (χ2v) is 7.30. The van der Waals surface area contributed by atoms with E-state index in [1.54, 1.807) is 19.1 Å². The molecule has 1 aromatic rings. The van der Waals surface area contributed by atoms with Crippen LogP contribution < -0.4 is 5.32 Å². The Morgan fingerprint density at radius 3 is 2.55 bits per heavy atom. The molecule has 120 valence electrons. The molecular weight excluding hydrogens is 300 g/mol. The normalized spacial score (nSPS) is 13.2. The summed E-state index contributed by atoms with van der Waals surface area (Å²) in [6.07, 6.45) is 9.10. The second-order valence-electron chi connectivity index (χ2n) is 5.12. The molecule has 6 heteroatoms. The molecule has 0 aliphatic heterocycles. The molecule has 1 heterocycles. The number of hydrogen-bond acceptors (Lipinski definition) is 3. The summed E-state index contributed by atoms with van der Waals surface area (Å²) in [5.74, 6) is -0.404. The molecule has 22 heavy (non-hydrogen) atoms. The van der Waals surface area contributed by atoms with Crippen LogP contribution in [-0.4, -0.2) is 31.3 Å². The van der Waals surface area contributed by atoms with Crippen molar-refractivity contribution in [1.29, 1.82) is 0 Å². The molecule has 0 bridgehead atoms. The molecule has 0 aliphatic rings. The van der Waals surface area contributed by atoms with E-state index in [0.717, 1.165) is 23.2 Å². The summed E-state index contributed by atoms with van der Waals surface area (Å²) in [5, 5.41) is 2.62. The molecule has 0 radical (unpaired) electrons. The van der Waals surface area contributed by atoms with E-state index in [9.17, 15) is 13.2 Å². The van der Waals surface area contributed by atoms with E-state index in [1.807, 2.05) is 19.9 Å². The number of nitrogens with one attached hydrogen (secondary N) is 2. The molecule has 0 atom stereocenters. The lowest BCUT2D eigenvalue weighted by Gasteiger charge is -2.02. The van der Waals surface area contributed by atoms with E-state index in [4.69, 9.17) is 0 Å². The maximum Gasteiger partial charge on any atom is 0.255 e. The van der Waals surface area contributed by atoms with Crippen LogP contribution in [0.4, 0.5) is 0 Å². The fraction of sp³-hybridized carbons (Fsp3) is 0.312. The fourth-order valence-corrected chi connectivity index (χ4v) is 2.28. The van der Waals surface area contributed by atoms with Gasteiger partial charge in [0.2, 0.25) is 0 Å². The van der Waals surface area contributed by atoms with Crippen LogP contribution in [0.25, 0.3) is 6.08 Å². The Morgan fingerprint density at radius 2 is 2.05 bits per heavy atom. The van der Waals surface area contributed by atoms with Crippen molar-refractivity contribution in [3.8, 4) is 0 Å². The van der Waals surface area contributed by atoms with Crippen LogP contribution >= 0.6 is 0 Å². The number of hydrogen-bond donors (Lipinski definition) is 2. The summed E-state index contributed by atoms with van der Waals surface area (Å²) in [6.45, 7) is 5.67. The highest BCUT2D eigenvalue weighted by Crippen LogP contribution is 2.14. The third-order valence-corrected chi connectivity index (χ3v) is 3.63. The highest BCUT2D eigenvalue weighted by Gasteiger charge is 2.08. The lowest BCUT2D eigenvalue weighted by Crippen LogP contribution is -2.18. The Labute approximate surface area is 131 Å². The molecule has 1 rings (SSSR count). The lowest BCUT2D eigenvalue weighted by atomic mass is 10.1. The second kappa shape index (κ2) is 7.79. The van der Waals surface area contributed by atoms with Gasteiger partial charge in [-0.25, -0.2) is 8.42 Å². The first-order chi connectivity index (χ1) is 10.2. The number of rotatable bonds is 6. The number of aryl methyl sites for hydroxylation is 2. The summed E-state index contributed by atoms with van der Waals surface area (Å²) >= 11 is 0. The average molecular weight is 322 g/mol. The van der Waals surface area contributed by atoms with Crippen LogP contribution in [-0.2, 0) is 14.6 Å². The van der Waals surface area contributed by atoms with Gasteiger partial charge in [-0.05, 0) is 44.7 Å². The van der Waals surface area contributed by atoms with Crippen LogP contribution in [0.5, 0.6) is 0 Å². The summed E-state index contributed by atoms with van der Waals surface area (Å²) in [6, 6.07) is 1.98. The molecule has 0 aliphatic carbocycles. The van der Waals surface area contributed by atoms with E-state index < -0.39 is 9.84 Å². The van der Waals surface area contributed by atoms with Gasteiger partial charge in [0.05, 0.1) is 5.75 Å². The molecule has 1 aromatic heterocycles. The van der Waals surface area contributed by atoms with Crippen LogP contribution in [0.1, 0.15) is 23.9 Å². The standard InChI is InChI=1S/C16H22N2O3S/c1-5-8-17-16(19)14(7-6-9-22(4,20)21)11-15-12(2)10-13(3)18-15/h5-8,10-11,18H,9H2,1-4H3,(H,17,19). The van der Waals surface area contributed by atoms with Gasteiger partial charge >= 0.3 is 0 Å². The molecule has 0 saturated heterocycles. The van der Waals surface area contributed by atoms with Gasteiger partial charge in [0.1, 0.15) is 0 Å². The van der Waals surface area contributed by atoms with Gasteiger partial charge in [-0.3, -0.25) is 4.79 Å².